The van der Waals surface area contributed by atoms with Gasteiger partial charge in [0.15, 0.2) is 11.4 Å². The first-order valence-electron chi connectivity index (χ1n) is 13.0. The Kier molecular flexibility index (Phi) is 7.46. The lowest BCUT2D eigenvalue weighted by Gasteiger charge is -2.50. The minimum Gasteiger partial charge on any atom is -0.508 e. The fourth-order valence-corrected chi connectivity index (χ4v) is 6.41. The first-order chi connectivity index (χ1) is 18.7. The number of amides is 1. The van der Waals surface area contributed by atoms with E-state index < -0.39 is 64.0 Å². The number of phenolic OH excluding ortho intramolecular Hbond substituents is 1. The number of Topliss-reactive ketones (excluding diaryl/α,β-unsaturated/α-hetero) is 2. The Morgan fingerprint density at radius 2 is 1.80 bits per heavy atom. The van der Waals surface area contributed by atoms with Crippen LogP contribution in [-0.4, -0.2) is 95.2 Å². The van der Waals surface area contributed by atoms with E-state index in [9.17, 15) is 39.6 Å². The van der Waals surface area contributed by atoms with Gasteiger partial charge in [0.2, 0.25) is 5.78 Å². The zero-order valence-corrected chi connectivity index (χ0v) is 23.1. The number of likely N-dealkylation sites (N-methyl/N-ethyl adjacent to an activating group) is 1. The summed E-state index contributed by atoms with van der Waals surface area (Å²) in [5.41, 5.74) is 3.09. The third-order valence-corrected chi connectivity index (χ3v) is 8.16. The van der Waals surface area contributed by atoms with E-state index in [4.69, 9.17) is 10.5 Å². The first-order valence-corrected chi connectivity index (χ1v) is 13.0. The number of nitrogens with zero attached hydrogens (tertiary/aromatic N) is 2. The van der Waals surface area contributed by atoms with E-state index in [0.29, 0.717) is 16.8 Å². The van der Waals surface area contributed by atoms with Crippen LogP contribution in [0, 0.1) is 11.8 Å². The number of hydrogen-bond donors (Lipinski definition) is 5. The Morgan fingerprint density at radius 3 is 2.35 bits per heavy atom. The Labute approximate surface area is 231 Å². The molecule has 4 rings (SSSR count). The van der Waals surface area contributed by atoms with Crippen molar-refractivity contribution in [1.82, 2.24) is 4.90 Å². The molecule has 0 bridgehead atoms. The molecule has 1 amide bonds. The van der Waals surface area contributed by atoms with Gasteiger partial charge in [0.1, 0.15) is 22.8 Å². The van der Waals surface area contributed by atoms with E-state index in [1.165, 1.54) is 4.90 Å². The molecule has 216 valence electrons. The van der Waals surface area contributed by atoms with Crippen LogP contribution in [0.2, 0.25) is 0 Å². The highest BCUT2D eigenvalue weighted by Crippen LogP contribution is 2.54. The van der Waals surface area contributed by atoms with Gasteiger partial charge in [0, 0.05) is 37.7 Å². The van der Waals surface area contributed by atoms with Gasteiger partial charge in [-0.2, -0.15) is 0 Å². The predicted octanol–water partition coefficient (Wildman–Crippen LogP) is 0.526. The number of aromatic hydroxyl groups is 1. The number of primary amides is 1. The second-order valence-electron chi connectivity index (χ2n) is 10.9. The van der Waals surface area contributed by atoms with Crippen LogP contribution in [0.3, 0.4) is 0 Å². The fraction of sp³-hybridized carbons (Fsp3) is 0.500. The van der Waals surface area contributed by atoms with Gasteiger partial charge in [-0.3, -0.25) is 24.1 Å². The number of rotatable bonds is 7. The molecule has 4 atom stereocenters. The molecular weight excluding hydrogens is 522 g/mol. The van der Waals surface area contributed by atoms with E-state index in [2.05, 4.69) is 0 Å². The summed E-state index contributed by atoms with van der Waals surface area (Å²) in [6.45, 7) is 1.89. The second kappa shape index (κ2) is 10.3. The minimum atomic E-state index is -2.70. The molecule has 6 N–H and O–H groups in total. The third-order valence-electron chi connectivity index (χ3n) is 8.16. The van der Waals surface area contributed by atoms with Crippen molar-refractivity contribution in [3.05, 3.63) is 39.7 Å². The number of fused-ring (bicyclic) bond motifs is 3. The number of nitrogens with two attached hydrogens (primary N) is 1. The van der Waals surface area contributed by atoms with Crippen molar-refractivity contribution < 1.29 is 44.3 Å². The van der Waals surface area contributed by atoms with Crippen LogP contribution in [0.4, 0.5) is 5.69 Å². The average molecular weight is 558 g/mol. The number of ketones is 2. The molecule has 0 saturated heterocycles. The third kappa shape index (κ3) is 4.22. The van der Waals surface area contributed by atoms with Crippen LogP contribution in [0.25, 0.3) is 5.76 Å². The van der Waals surface area contributed by atoms with E-state index in [0.717, 1.165) is 0 Å². The maximum atomic E-state index is 14.0. The number of carbonyl (C=O) groups is 4. The fourth-order valence-electron chi connectivity index (χ4n) is 6.41. The van der Waals surface area contributed by atoms with Crippen molar-refractivity contribution in [2.75, 3.05) is 39.7 Å². The monoisotopic (exact) mass is 557 g/mol. The molecule has 12 nitrogen and oxygen atoms in total. The van der Waals surface area contributed by atoms with Gasteiger partial charge >= 0.3 is 5.97 Å². The highest BCUT2D eigenvalue weighted by atomic mass is 16.5. The molecule has 1 aromatic carbocycles. The zero-order chi connectivity index (χ0) is 29.8. The van der Waals surface area contributed by atoms with Crippen LogP contribution in [-0.2, 0) is 36.8 Å². The van der Waals surface area contributed by atoms with Crippen LogP contribution < -0.4 is 10.6 Å². The summed E-state index contributed by atoms with van der Waals surface area (Å²) < 4.78 is 4.98. The number of ether oxygens (including phenoxy) is 1. The number of hydrogen-bond acceptors (Lipinski definition) is 11. The number of benzene rings is 1. The van der Waals surface area contributed by atoms with Crippen LogP contribution in [0.15, 0.2) is 23.0 Å². The summed E-state index contributed by atoms with van der Waals surface area (Å²) in [7, 11) is 6.65. The summed E-state index contributed by atoms with van der Waals surface area (Å²) in [6.07, 6.45) is 0.253. The number of anilines is 1. The lowest BCUT2D eigenvalue weighted by molar-refractivity contribution is -0.153. The molecule has 1 saturated carbocycles. The highest BCUT2D eigenvalue weighted by Gasteiger charge is 2.64. The summed E-state index contributed by atoms with van der Waals surface area (Å²) in [5, 5.41) is 45.4. The molecule has 1 fully saturated rings. The Hall–Kier alpha value is -3.90. The number of aliphatic hydroxyl groups excluding tert-OH is 2. The van der Waals surface area contributed by atoms with Gasteiger partial charge in [-0.1, -0.05) is 0 Å². The normalized spacial score (nSPS) is 25.9. The van der Waals surface area contributed by atoms with Crippen molar-refractivity contribution >= 4 is 34.9 Å². The SMILES string of the molecule is CCOC(=O)CCc1cc(N(C)C)c2c(c1O)C(O)=C1C(=O)[C@]3(O)C(O)=C(C(N)=O)C(=O)[C@H](N(C)C)[C@@H]3C[C@@H]1C2. The second-order valence-corrected chi connectivity index (χ2v) is 10.9. The van der Waals surface area contributed by atoms with Gasteiger partial charge < -0.3 is 35.8 Å². The Morgan fingerprint density at radius 1 is 1.15 bits per heavy atom. The molecule has 0 aromatic heterocycles. The molecule has 1 aromatic rings. The largest absolute Gasteiger partial charge is 0.508 e. The quantitative estimate of drug-likeness (QED) is 0.232. The molecule has 0 aliphatic heterocycles. The maximum Gasteiger partial charge on any atom is 0.306 e. The molecule has 40 heavy (non-hydrogen) atoms. The summed E-state index contributed by atoms with van der Waals surface area (Å²) >= 11 is 0. The van der Waals surface area contributed by atoms with Crippen LogP contribution in [0.5, 0.6) is 5.75 Å². The van der Waals surface area contributed by atoms with Gasteiger partial charge in [-0.25, -0.2) is 0 Å². The first kappa shape index (κ1) is 29.1. The van der Waals surface area contributed by atoms with E-state index in [1.807, 2.05) is 0 Å². The van der Waals surface area contributed by atoms with Crippen molar-refractivity contribution in [2.24, 2.45) is 17.6 Å². The maximum absolute atomic E-state index is 14.0. The van der Waals surface area contributed by atoms with Gasteiger partial charge in [0.25, 0.3) is 5.91 Å². The Balaban J connectivity index is 1.92. The van der Waals surface area contributed by atoms with Gasteiger partial charge in [-0.05, 0) is 63.4 Å². The van der Waals surface area contributed by atoms with Gasteiger partial charge in [-0.15, -0.1) is 0 Å². The van der Waals surface area contributed by atoms with Gasteiger partial charge in [0.05, 0.1) is 18.2 Å². The molecule has 12 heteroatoms. The number of aliphatic hydroxyl groups is 3. The highest BCUT2D eigenvalue weighted by molar-refractivity contribution is 6.24. The molecule has 0 radical (unpaired) electrons. The minimum absolute atomic E-state index is 0.00397. The smallest absolute Gasteiger partial charge is 0.306 e. The molecule has 0 unspecified atom stereocenters. The average Bonchev–Trinajstić information content (AvgIpc) is 2.85. The van der Waals surface area contributed by atoms with Crippen molar-refractivity contribution in [3.63, 3.8) is 0 Å². The predicted molar refractivity (Wildman–Crippen MR) is 144 cm³/mol. The lowest BCUT2D eigenvalue weighted by Crippen LogP contribution is -2.65. The van der Waals surface area contributed by atoms with Crippen molar-refractivity contribution in [1.29, 1.82) is 0 Å². The van der Waals surface area contributed by atoms with Crippen molar-refractivity contribution in [3.8, 4) is 5.75 Å². The Bertz CT molecular complexity index is 1380. The lowest BCUT2D eigenvalue weighted by atomic mass is 9.57. The molecule has 3 aliphatic rings. The molecule has 3 aliphatic carbocycles. The topological polar surface area (TPSA) is 191 Å². The van der Waals surface area contributed by atoms with E-state index in [-0.39, 0.29) is 49.2 Å². The zero-order valence-electron chi connectivity index (χ0n) is 23.1. The molecular formula is C28H35N3O9. The standard InChI is InChI=1S/C28H35N3O9/c1-6-40-17(32)8-7-12-11-16(30(2)3)14-9-13-10-15-21(31(4)5)24(35)20(27(29)38)26(37)28(15,39)25(36)18(13)23(34)19(14)22(12)33/h11,13,15,21,33-34,37,39H,6-10H2,1-5H3,(H2,29,38)/t13-,15-,21+,28-/m0/s1. The molecule has 0 heterocycles. The van der Waals surface area contributed by atoms with E-state index in [1.54, 1.807) is 46.1 Å². The number of aryl methyl sites for hydroxylation is 1. The number of phenols is 1. The van der Waals surface area contributed by atoms with Crippen LogP contribution in [0.1, 0.15) is 36.5 Å². The van der Waals surface area contributed by atoms with Crippen molar-refractivity contribution in [2.45, 2.75) is 44.2 Å². The van der Waals surface area contributed by atoms with E-state index >= 15 is 0 Å². The summed E-state index contributed by atoms with van der Waals surface area (Å²) in [5.74, 6) is -7.48. The summed E-state index contributed by atoms with van der Waals surface area (Å²) in [6, 6.07) is 0.567. The number of carbonyl (C=O) groups excluding carboxylic acids is 4. The molecule has 0 spiro atoms. The van der Waals surface area contributed by atoms with Crippen LogP contribution >= 0.6 is 0 Å². The summed E-state index contributed by atoms with van der Waals surface area (Å²) in [4.78, 5) is 54.5. The number of esters is 1.